The minimum absolute atomic E-state index is 0.325. The molecule has 6 aromatic rings. The summed E-state index contributed by atoms with van der Waals surface area (Å²) in [6.07, 6.45) is 0.325. The zero-order chi connectivity index (χ0) is 28.2. The van der Waals surface area contributed by atoms with Crippen molar-refractivity contribution in [1.82, 2.24) is 0 Å². The predicted molar refractivity (Wildman–Crippen MR) is 155 cm³/mol. The molecule has 0 aliphatic rings. The maximum atomic E-state index is 10.1. The highest BCUT2D eigenvalue weighted by Gasteiger charge is 2.24. The summed E-state index contributed by atoms with van der Waals surface area (Å²) in [5.41, 5.74) is 9.26. The molecule has 0 aliphatic carbocycles. The van der Waals surface area contributed by atoms with Gasteiger partial charge >= 0.3 is 0 Å². The van der Waals surface area contributed by atoms with Crippen LogP contribution < -0.4 is 4.57 Å². The van der Waals surface area contributed by atoms with Crippen LogP contribution in [0.15, 0.2) is 102 Å². The normalized spacial score (nSPS) is 12.4. The highest BCUT2D eigenvalue weighted by Crippen LogP contribution is 2.42. The van der Waals surface area contributed by atoms with E-state index in [0.717, 1.165) is 55.4 Å². The van der Waals surface area contributed by atoms with Crippen LogP contribution in [0.3, 0.4) is 0 Å². The first-order valence-electron chi connectivity index (χ1n) is 13.7. The largest absolute Gasteiger partial charge is 0.454 e. The Bertz CT molecular complexity index is 1980. The Morgan fingerprint density at radius 1 is 0.816 bits per heavy atom. The van der Waals surface area contributed by atoms with E-state index in [9.17, 15) is 5.26 Å². The summed E-state index contributed by atoms with van der Waals surface area (Å²) in [5, 5.41) is 12.0. The van der Waals surface area contributed by atoms with Gasteiger partial charge in [0.15, 0.2) is 6.17 Å². The molecule has 3 nitrogen and oxygen atoms in total. The SMILES string of the molecule is [2H]c1cc(C([2H])(C)C)cc(-c2c(C)ccc3c2oc2c(-c4cccc(-c5ccccc5)c4)c(C#N)ccc23)[n+]1C. The zero-order valence-electron chi connectivity index (χ0n) is 24.0. The molecule has 0 aliphatic heterocycles. The molecule has 0 amide bonds. The van der Waals surface area contributed by atoms with Gasteiger partial charge in [0.25, 0.3) is 0 Å². The van der Waals surface area contributed by atoms with Gasteiger partial charge in [0, 0.05) is 29.8 Å². The summed E-state index contributed by atoms with van der Waals surface area (Å²) in [4.78, 5) is 0. The third-order valence-corrected chi connectivity index (χ3v) is 7.30. The fourth-order valence-corrected chi connectivity index (χ4v) is 5.24. The van der Waals surface area contributed by atoms with E-state index in [0.29, 0.717) is 22.9 Å². The number of fused-ring (bicyclic) bond motifs is 3. The minimum Gasteiger partial charge on any atom is -0.454 e. The lowest BCUT2D eigenvalue weighted by molar-refractivity contribution is -0.660. The number of pyridine rings is 1. The van der Waals surface area contributed by atoms with Crippen molar-refractivity contribution >= 4 is 21.9 Å². The topological polar surface area (TPSA) is 40.8 Å². The van der Waals surface area contributed by atoms with Crippen LogP contribution in [0.25, 0.3) is 55.4 Å². The fourth-order valence-electron chi connectivity index (χ4n) is 5.24. The summed E-state index contributed by atoms with van der Waals surface area (Å²) < 4.78 is 25.8. The molecule has 0 unspecified atom stereocenters. The number of aromatic nitrogens is 1. The third-order valence-electron chi connectivity index (χ3n) is 7.30. The molecule has 184 valence electrons. The quantitative estimate of drug-likeness (QED) is 0.229. The molecule has 38 heavy (non-hydrogen) atoms. The summed E-state index contributed by atoms with van der Waals surface area (Å²) in [6.45, 7) is 5.70. The zero-order valence-corrected chi connectivity index (χ0v) is 22.0. The molecule has 0 fully saturated rings. The second-order valence-corrected chi connectivity index (χ2v) is 9.98. The molecular weight excluding hydrogens is 464 g/mol. The van der Waals surface area contributed by atoms with Crippen LogP contribution in [0.4, 0.5) is 0 Å². The lowest BCUT2D eigenvalue weighted by Crippen LogP contribution is -2.31. The third kappa shape index (κ3) is 3.86. The standard InChI is InChI=1S/C35H29N2O/c1-22(2)25-17-18-37(4)31(20-25)32-23(3)13-15-29-30-16-14-28(21-36)33(35(30)38-34(29)32)27-12-8-11-26(19-27)24-9-6-5-7-10-24/h5-20,22H,1-4H3/q+1/i18D,22D. The van der Waals surface area contributed by atoms with Crippen molar-refractivity contribution in [3.05, 3.63) is 114 Å². The highest BCUT2D eigenvalue weighted by atomic mass is 16.3. The molecule has 6 rings (SSSR count). The van der Waals surface area contributed by atoms with Crippen LogP contribution in [0.5, 0.6) is 0 Å². The van der Waals surface area contributed by atoms with Crippen LogP contribution in [-0.4, -0.2) is 0 Å². The number of rotatable bonds is 4. The van der Waals surface area contributed by atoms with Crippen molar-refractivity contribution in [2.45, 2.75) is 26.7 Å². The number of hydrogen-bond donors (Lipinski definition) is 0. The number of nitriles is 1. The van der Waals surface area contributed by atoms with Gasteiger partial charge in [-0.05, 0) is 58.8 Å². The Kier molecular flexibility index (Phi) is 5.25. The van der Waals surface area contributed by atoms with E-state index in [1.807, 2.05) is 80.9 Å². The van der Waals surface area contributed by atoms with Crippen molar-refractivity contribution < 1.29 is 11.7 Å². The number of aryl methyl sites for hydroxylation is 1. The first-order valence-corrected chi connectivity index (χ1v) is 12.7. The molecule has 0 saturated heterocycles. The molecule has 2 heterocycles. The Labute approximate surface area is 226 Å². The van der Waals surface area contributed by atoms with Crippen LogP contribution in [0.1, 0.15) is 39.2 Å². The Balaban J connectivity index is 1.66. The van der Waals surface area contributed by atoms with Gasteiger partial charge in [-0.1, -0.05) is 74.5 Å². The van der Waals surface area contributed by atoms with E-state index in [2.05, 4.69) is 42.5 Å². The average molecular weight is 496 g/mol. The molecule has 2 aromatic heterocycles. The smallest absolute Gasteiger partial charge is 0.216 e. The summed E-state index contributed by atoms with van der Waals surface area (Å²) in [7, 11) is 1.87. The van der Waals surface area contributed by atoms with Gasteiger partial charge in [0.2, 0.25) is 5.69 Å². The Hall–Kier alpha value is -4.68. The van der Waals surface area contributed by atoms with Crippen molar-refractivity contribution in [2.75, 3.05) is 0 Å². The lowest BCUT2D eigenvalue weighted by Gasteiger charge is -2.09. The van der Waals surface area contributed by atoms with E-state index in [-0.39, 0.29) is 0 Å². The molecule has 4 aromatic carbocycles. The second-order valence-electron chi connectivity index (χ2n) is 9.98. The number of nitrogens with zero attached hydrogens (tertiary/aromatic N) is 2. The molecule has 0 saturated carbocycles. The van der Waals surface area contributed by atoms with E-state index in [4.69, 9.17) is 7.16 Å². The molecule has 0 bridgehead atoms. The van der Waals surface area contributed by atoms with Gasteiger partial charge in [-0.3, -0.25) is 0 Å². The molecule has 0 spiro atoms. The summed E-state index contributed by atoms with van der Waals surface area (Å²) >= 11 is 0. The lowest BCUT2D eigenvalue weighted by atomic mass is 9.94. The second kappa shape index (κ2) is 9.32. The summed E-state index contributed by atoms with van der Waals surface area (Å²) in [6, 6.07) is 32.5. The van der Waals surface area contributed by atoms with Gasteiger partial charge in [-0.15, -0.1) is 0 Å². The van der Waals surface area contributed by atoms with Crippen LogP contribution in [-0.2, 0) is 7.05 Å². The van der Waals surface area contributed by atoms with Crippen LogP contribution in [0.2, 0.25) is 0 Å². The van der Waals surface area contributed by atoms with E-state index >= 15 is 0 Å². The number of hydrogen-bond acceptors (Lipinski definition) is 2. The van der Waals surface area contributed by atoms with Crippen LogP contribution >= 0.6 is 0 Å². The highest BCUT2D eigenvalue weighted by molar-refractivity contribution is 6.14. The average Bonchev–Trinajstić information content (AvgIpc) is 3.32. The van der Waals surface area contributed by atoms with Gasteiger partial charge in [0.1, 0.15) is 19.6 Å². The van der Waals surface area contributed by atoms with Crippen molar-refractivity contribution in [2.24, 2.45) is 7.05 Å². The minimum atomic E-state index is -0.854. The van der Waals surface area contributed by atoms with Crippen LogP contribution in [0, 0.1) is 18.3 Å². The van der Waals surface area contributed by atoms with Crippen molar-refractivity contribution in [1.29, 1.82) is 5.26 Å². The Morgan fingerprint density at radius 2 is 1.50 bits per heavy atom. The fraction of sp³-hybridized carbons (Fsp3) is 0.143. The number of furan rings is 1. The summed E-state index contributed by atoms with van der Waals surface area (Å²) in [5.74, 6) is -0.854. The van der Waals surface area contributed by atoms with Gasteiger partial charge in [0.05, 0.1) is 17.2 Å². The van der Waals surface area contributed by atoms with E-state index < -0.39 is 5.89 Å². The maximum Gasteiger partial charge on any atom is 0.216 e. The first-order chi connectivity index (χ1) is 19.2. The monoisotopic (exact) mass is 495 g/mol. The van der Waals surface area contributed by atoms with Crippen molar-refractivity contribution in [3.63, 3.8) is 0 Å². The van der Waals surface area contributed by atoms with Gasteiger partial charge in [-0.25, -0.2) is 4.57 Å². The molecule has 0 atom stereocenters. The van der Waals surface area contributed by atoms with Crippen molar-refractivity contribution in [3.8, 4) is 39.6 Å². The molecule has 0 N–H and O–H groups in total. The predicted octanol–water partition coefficient (Wildman–Crippen LogP) is 8.72. The van der Waals surface area contributed by atoms with Gasteiger partial charge < -0.3 is 4.42 Å². The maximum absolute atomic E-state index is 10.1. The molecule has 0 radical (unpaired) electrons. The number of benzene rings is 4. The van der Waals surface area contributed by atoms with E-state index in [1.54, 1.807) is 6.07 Å². The molecule has 3 heteroatoms. The van der Waals surface area contributed by atoms with Gasteiger partial charge in [-0.2, -0.15) is 5.26 Å². The first kappa shape index (κ1) is 21.4. The molecular formula is C35H29N2O+. The van der Waals surface area contributed by atoms with E-state index in [1.165, 1.54) is 0 Å². The Morgan fingerprint density at radius 3 is 2.24 bits per heavy atom.